The summed E-state index contributed by atoms with van der Waals surface area (Å²) in [6, 6.07) is 2.80. The summed E-state index contributed by atoms with van der Waals surface area (Å²) in [6.45, 7) is -1.67. The number of hydrogen-bond acceptors (Lipinski definition) is 4. The van der Waals surface area contributed by atoms with E-state index >= 15 is 0 Å². The van der Waals surface area contributed by atoms with Gasteiger partial charge in [0.1, 0.15) is 12.3 Å². The number of nitrogen functional groups attached to an aromatic ring is 1. The summed E-state index contributed by atoms with van der Waals surface area (Å²) in [7, 11) is -4.29. The van der Waals surface area contributed by atoms with Gasteiger partial charge in [0.25, 0.3) is 0 Å². The van der Waals surface area contributed by atoms with E-state index in [4.69, 9.17) is 10.8 Å². The van der Waals surface area contributed by atoms with Crippen molar-refractivity contribution in [2.75, 3.05) is 12.3 Å². The number of sulfonamides is 1. The Balaban J connectivity index is 2.94. The largest absolute Gasteiger partial charge is 0.506 e. The minimum atomic E-state index is -4.64. The maximum atomic E-state index is 11.9. The average Bonchev–Trinajstić information content (AvgIpc) is 2.18. The van der Waals surface area contributed by atoms with Crippen molar-refractivity contribution in [3.05, 3.63) is 18.2 Å². The van der Waals surface area contributed by atoms with Crippen molar-refractivity contribution in [1.82, 2.24) is 4.72 Å². The number of nitrogens with one attached hydrogen (secondary N) is 1. The Morgan fingerprint density at radius 1 is 1.35 bits per heavy atom. The maximum absolute atomic E-state index is 11.9. The first-order chi connectivity index (χ1) is 7.62. The van der Waals surface area contributed by atoms with Crippen molar-refractivity contribution < 1.29 is 26.7 Å². The predicted molar refractivity (Wildman–Crippen MR) is 53.8 cm³/mol. The Morgan fingerprint density at radius 2 is 1.94 bits per heavy atom. The SMILES string of the molecule is Nc1cc(S(=O)(=O)NCC(F)(F)F)ccc1O. The average molecular weight is 270 g/mol. The van der Waals surface area contributed by atoms with Gasteiger partial charge < -0.3 is 10.8 Å². The number of nitrogens with two attached hydrogens (primary N) is 1. The number of aromatic hydroxyl groups is 1. The van der Waals surface area contributed by atoms with Crippen LogP contribution in [0.25, 0.3) is 0 Å². The second-order valence-electron chi connectivity index (χ2n) is 3.16. The van der Waals surface area contributed by atoms with Gasteiger partial charge in [-0.1, -0.05) is 0 Å². The van der Waals surface area contributed by atoms with Crippen molar-refractivity contribution in [3.8, 4) is 5.75 Å². The Hall–Kier alpha value is -1.48. The van der Waals surface area contributed by atoms with E-state index < -0.39 is 27.6 Å². The van der Waals surface area contributed by atoms with Crippen molar-refractivity contribution >= 4 is 15.7 Å². The van der Waals surface area contributed by atoms with E-state index in [0.29, 0.717) is 0 Å². The third-order valence-electron chi connectivity index (χ3n) is 1.77. The Morgan fingerprint density at radius 3 is 2.41 bits per heavy atom. The smallest absolute Gasteiger partial charge is 0.402 e. The van der Waals surface area contributed by atoms with Crippen LogP contribution < -0.4 is 10.5 Å². The van der Waals surface area contributed by atoms with Crippen molar-refractivity contribution in [1.29, 1.82) is 0 Å². The highest BCUT2D eigenvalue weighted by molar-refractivity contribution is 7.89. The zero-order valence-electron chi connectivity index (χ0n) is 8.32. The molecule has 0 saturated carbocycles. The van der Waals surface area contributed by atoms with Crippen LogP contribution in [0.15, 0.2) is 23.1 Å². The third kappa shape index (κ3) is 3.79. The summed E-state index contributed by atoms with van der Waals surface area (Å²) in [5.41, 5.74) is 5.00. The van der Waals surface area contributed by atoms with Gasteiger partial charge in [-0.2, -0.15) is 13.2 Å². The van der Waals surface area contributed by atoms with Crippen LogP contribution >= 0.6 is 0 Å². The highest BCUT2D eigenvalue weighted by atomic mass is 32.2. The quantitative estimate of drug-likeness (QED) is 0.560. The van der Waals surface area contributed by atoms with Gasteiger partial charge in [0.05, 0.1) is 10.6 Å². The molecule has 0 heterocycles. The molecule has 5 nitrogen and oxygen atoms in total. The molecule has 0 aliphatic heterocycles. The first kappa shape index (κ1) is 13.6. The van der Waals surface area contributed by atoms with Crippen LogP contribution in [0, 0.1) is 0 Å². The van der Waals surface area contributed by atoms with Gasteiger partial charge in [0.2, 0.25) is 10.0 Å². The fraction of sp³-hybridized carbons (Fsp3) is 0.250. The molecule has 0 atom stereocenters. The van der Waals surface area contributed by atoms with Crippen LogP contribution in [-0.4, -0.2) is 26.2 Å². The second kappa shape index (κ2) is 4.41. The van der Waals surface area contributed by atoms with Crippen LogP contribution in [-0.2, 0) is 10.0 Å². The molecule has 9 heteroatoms. The minimum Gasteiger partial charge on any atom is -0.506 e. The van der Waals surface area contributed by atoms with Gasteiger partial charge in [-0.05, 0) is 18.2 Å². The van der Waals surface area contributed by atoms with Crippen LogP contribution in [0.4, 0.5) is 18.9 Å². The zero-order valence-corrected chi connectivity index (χ0v) is 9.14. The van der Waals surface area contributed by atoms with E-state index in [1.807, 2.05) is 0 Å². The van der Waals surface area contributed by atoms with E-state index in [1.165, 1.54) is 4.72 Å². The van der Waals surface area contributed by atoms with E-state index in [1.54, 1.807) is 0 Å². The second-order valence-corrected chi connectivity index (χ2v) is 4.93. The first-order valence-corrected chi connectivity index (χ1v) is 5.75. The van der Waals surface area contributed by atoms with E-state index in [2.05, 4.69) is 0 Å². The van der Waals surface area contributed by atoms with Crippen LogP contribution in [0.3, 0.4) is 0 Å². The first-order valence-electron chi connectivity index (χ1n) is 4.27. The van der Waals surface area contributed by atoms with Crippen LogP contribution in [0.1, 0.15) is 0 Å². The number of phenolic OH excluding ortho intramolecular Hbond substituents is 1. The van der Waals surface area contributed by atoms with Crippen LogP contribution in [0.5, 0.6) is 5.75 Å². The Kier molecular flexibility index (Phi) is 3.53. The summed E-state index contributed by atoms with van der Waals surface area (Å²) in [6.07, 6.45) is -4.64. The molecule has 1 rings (SSSR count). The lowest BCUT2D eigenvalue weighted by Crippen LogP contribution is -2.33. The molecule has 0 bridgehead atoms. The topological polar surface area (TPSA) is 92.4 Å². The molecule has 0 fully saturated rings. The van der Waals surface area contributed by atoms with Gasteiger partial charge in [-0.25, -0.2) is 13.1 Å². The molecule has 0 spiro atoms. The predicted octanol–water partition coefficient (Wildman–Crippen LogP) is 0.815. The third-order valence-corrected chi connectivity index (χ3v) is 3.17. The number of benzene rings is 1. The lowest BCUT2D eigenvalue weighted by Gasteiger charge is -2.10. The molecule has 0 radical (unpaired) electrons. The number of anilines is 1. The van der Waals surface area contributed by atoms with Gasteiger partial charge >= 0.3 is 6.18 Å². The molecule has 17 heavy (non-hydrogen) atoms. The summed E-state index contributed by atoms with van der Waals surface area (Å²) < 4.78 is 59.7. The monoisotopic (exact) mass is 270 g/mol. The minimum absolute atomic E-state index is 0.236. The molecule has 0 aromatic heterocycles. The molecule has 1 aromatic rings. The summed E-state index contributed by atoms with van der Waals surface area (Å²) in [5, 5.41) is 9.05. The summed E-state index contributed by atoms with van der Waals surface area (Å²) in [5.74, 6) is -0.347. The normalized spacial score (nSPS) is 12.6. The lowest BCUT2D eigenvalue weighted by molar-refractivity contribution is -0.121. The molecular weight excluding hydrogens is 261 g/mol. The fourth-order valence-corrected chi connectivity index (χ4v) is 2.01. The Labute approximate surface area is 95.1 Å². The van der Waals surface area contributed by atoms with Crippen molar-refractivity contribution in [3.63, 3.8) is 0 Å². The number of alkyl halides is 3. The Bertz CT molecular complexity index is 513. The molecule has 0 aliphatic carbocycles. The maximum Gasteiger partial charge on any atom is 0.402 e. The molecule has 0 amide bonds. The number of hydrogen-bond donors (Lipinski definition) is 3. The van der Waals surface area contributed by atoms with Gasteiger partial charge in [0, 0.05) is 0 Å². The van der Waals surface area contributed by atoms with Gasteiger partial charge in [0.15, 0.2) is 0 Å². The molecule has 0 aliphatic rings. The highest BCUT2D eigenvalue weighted by Crippen LogP contribution is 2.23. The molecular formula is C8H9F3N2O3S. The fourth-order valence-electron chi connectivity index (χ4n) is 0.960. The van der Waals surface area contributed by atoms with Crippen molar-refractivity contribution in [2.45, 2.75) is 11.1 Å². The molecule has 4 N–H and O–H groups in total. The van der Waals surface area contributed by atoms with Crippen LogP contribution in [0.2, 0.25) is 0 Å². The molecule has 96 valence electrons. The number of rotatable bonds is 3. The highest BCUT2D eigenvalue weighted by Gasteiger charge is 2.30. The zero-order chi connectivity index (χ0) is 13.3. The number of phenols is 1. The summed E-state index contributed by atoms with van der Waals surface area (Å²) >= 11 is 0. The molecule has 1 aromatic carbocycles. The standard InChI is InChI=1S/C8H9F3N2O3S/c9-8(10,11)4-13-17(15,16)5-1-2-7(14)6(12)3-5/h1-3,13-14H,4,12H2. The lowest BCUT2D eigenvalue weighted by atomic mass is 10.3. The van der Waals surface area contributed by atoms with Gasteiger partial charge in [-0.15, -0.1) is 0 Å². The van der Waals surface area contributed by atoms with Gasteiger partial charge in [-0.3, -0.25) is 0 Å². The summed E-state index contributed by atoms with van der Waals surface area (Å²) in [4.78, 5) is -0.447. The molecule has 0 saturated heterocycles. The van der Waals surface area contributed by atoms with E-state index in [-0.39, 0.29) is 11.4 Å². The number of halogens is 3. The molecule has 0 unspecified atom stereocenters. The van der Waals surface area contributed by atoms with E-state index in [9.17, 15) is 21.6 Å². The van der Waals surface area contributed by atoms with Crippen molar-refractivity contribution in [2.24, 2.45) is 0 Å². The van der Waals surface area contributed by atoms with E-state index in [0.717, 1.165) is 18.2 Å².